The third-order valence-corrected chi connectivity index (χ3v) is 11.9. The van der Waals surface area contributed by atoms with Crippen molar-refractivity contribution < 1.29 is 24.2 Å². The Hall–Kier alpha value is -4.29. The number of aryl methyl sites for hydroxylation is 1. The van der Waals surface area contributed by atoms with Crippen LogP contribution in [-0.2, 0) is 38.4 Å². The van der Waals surface area contributed by atoms with E-state index >= 15 is 0 Å². The van der Waals surface area contributed by atoms with Crippen LogP contribution in [0.5, 0.6) is 5.75 Å². The standard InChI is InChI=1S/C46H64N6O5/c1-9-51-40-19-18-33(27-37(40)38(28-46(3,4)29-56-7)43(51)36-17-14-20-47-41(36)30(2)57-8)34-23-31(24-35(53)26-34)25-39(45(55)52-22-13-12-21-48-52)49-44(54)42(50(5)6)32-15-10-11-16-32/h14,17-20,23-24,26-27,30,32,39,42,48,53H,9-13,15-16,21-22,25,28-29H2,1-8H3,(H,49,54). The van der Waals surface area contributed by atoms with E-state index < -0.39 is 6.04 Å². The number of hydrogen-bond donors (Lipinski definition) is 3. The van der Waals surface area contributed by atoms with Crippen molar-refractivity contribution in [3.05, 3.63) is 71.5 Å². The van der Waals surface area contributed by atoms with Crippen LogP contribution in [0.1, 0.15) is 89.1 Å². The monoisotopic (exact) mass is 780 g/mol. The minimum atomic E-state index is -0.803. The lowest BCUT2D eigenvalue weighted by atomic mass is 9.84. The zero-order valence-electron chi connectivity index (χ0n) is 35.4. The summed E-state index contributed by atoms with van der Waals surface area (Å²) in [6.07, 6.45) is 8.77. The maximum Gasteiger partial charge on any atom is 0.259 e. The molecule has 11 heteroatoms. The van der Waals surface area contributed by atoms with E-state index in [9.17, 15) is 14.7 Å². The van der Waals surface area contributed by atoms with Crippen molar-refractivity contribution in [1.29, 1.82) is 0 Å². The molecular formula is C46H64N6O5. The first-order valence-corrected chi connectivity index (χ1v) is 20.8. The fourth-order valence-corrected chi connectivity index (χ4v) is 9.25. The molecule has 2 fully saturated rings. The maximum atomic E-state index is 14.2. The summed E-state index contributed by atoms with van der Waals surface area (Å²) < 4.78 is 13.9. The highest BCUT2D eigenvalue weighted by Gasteiger charge is 2.36. The van der Waals surface area contributed by atoms with E-state index in [1.165, 1.54) is 5.56 Å². The summed E-state index contributed by atoms with van der Waals surface area (Å²) in [7, 11) is 7.35. The first kappa shape index (κ1) is 42.3. The van der Waals surface area contributed by atoms with Crippen LogP contribution in [0, 0.1) is 11.3 Å². The molecule has 2 aromatic carbocycles. The Morgan fingerprint density at radius 3 is 2.49 bits per heavy atom. The van der Waals surface area contributed by atoms with Crippen molar-refractivity contribution >= 4 is 22.7 Å². The number of nitrogens with zero attached hydrogens (tertiary/aromatic N) is 4. The number of nitrogens with one attached hydrogen (secondary N) is 2. The Morgan fingerprint density at radius 2 is 1.82 bits per heavy atom. The summed E-state index contributed by atoms with van der Waals surface area (Å²) in [5.74, 6) is 0.0834. The Labute approximate surface area is 339 Å². The van der Waals surface area contributed by atoms with Gasteiger partial charge in [0, 0.05) is 62.9 Å². The molecule has 0 radical (unpaired) electrons. The van der Waals surface area contributed by atoms with Gasteiger partial charge in [0.2, 0.25) is 5.91 Å². The van der Waals surface area contributed by atoms with Gasteiger partial charge in [-0.05, 0) is 130 Å². The average Bonchev–Trinajstić information content (AvgIpc) is 3.82. The van der Waals surface area contributed by atoms with Crippen molar-refractivity contribution in [3.63, 3.8) is 0 Å². The highest BCUT2D eigenvalue weighted by Crippen LogP contribution is 2.42. The molecule has 2 aromatic heterocycles. The summed E-state index contributed by atoms with van der Waals surface area (Å²) in [6.45, 7) is 11.3. The zero-order valence-corrected chi connectivity index (χ0v) is 35.4. The molecule has 57 heavy (non-hydrogen) atoms. The number of likely N-dealkylation sites (N-methyl/N-ethyl adjacent to an activating group) is 1. The van der Waals surface area contributed by atoms with E-state index in [4.69, 9.17) is 14.5 Å². The number of hydrazine groups is 1. The summed E-state index contributed by atoms with van der Waals surface area (Å²) in [5, 5.41) is 17.2. The second-order valence-electron chi connectivity index (χ2n) is 17.1. The molecule has 3 unspecified atom stereocenters. The molecule has 2 amide bonds. The van der Waals surface area contributed by atoms with E-state index in [1.807, 2.05) is 44.2 Å². The van der Waals surface area contributed by atoms with E-state index in [0.29, 0.717) is 19.7 Å². The van der Waals surface area contributed by atoms with Gasteiger partial charge in [0.15, 0.2) is 0 Å². The zero-order chi connectivity index (χ0) is 40.9. The van der Waals surface area contributed by atoms with Crippen molar-refractivity contribution in [3.8, 4) is 28.1 Å². The number of methoxy groups -OCH3 is 2. The number of carbonyl (C=O) groups excluding carboxylic acids is 2. The molecule has 3 atom stereocenters. The number of carbonyl (C=O) groups is 2. The van der Waals surface area contributed by atoms with Gasteiger partial charge < -0.3 is 24.5 Å². The lowest BCUT2D eigenvalue weighted by molar-refractivity contribution is -0.141. The number of fused-ring (bicyclic) bond motifs is 1. The van der Waals surface area contributed by atoms with Crippen LogP contribution in [0.25, 0.3) is 33.3 Å². The van der Waals surface area contributed by atoms with Crippen LogP contribution < -0.4 is 10.7 Å². The second kappa shape index (κ2) is 18.5. The fraction of sp³-hybridized carbons (Fsp3) is 0.543. The number of benzene rings is 2. The SMILES string of the molecule is CCn1c(-c2cccnc2C(C)OC)c(CC(C)(C)COC)c2cc(-c3cc(O)cc(CC(NC(=O)C(C4CCCC4)N(C)C)C(=O)N4CCCCN4)c3)ccc21. The molecule has 4 aromatic rings. The minimum Gasteiger partial charge on any atom is -0.508 e. The number of phenolic OH excluding ortho intramolecular Hbond substituents is 1. The normalized spacial score (nSPS) is 17.0. The quantitative estimate of drug-likeness (QED) is 0.109. The molecule has 3 heterocycles. The molecule has 6 rings (SSSR count). The number of phenols is 1. The molecule has 1 saturated heterocycles. The number of pyridine rings is 1. The third kappa shape index (κ3) is 9.54. The number of rotatable bonds is 16. The largest absolute Gasteiger partial charge is 0.508 e. The van der Waals surface area contributed by atoms with Gasteiger partial charge in [-0.2, -0.15) is 0 Å². The molecule has 1 aliphatic carbocycles. The summed E-state index contributed by atoms with van der Waals surface area (Å²) in [6, 6.07) is 15.0. The van der Waals surface area contributed by atoms with Gasteiger partial charge in [0.05, 0.1) is 30.1 Å². The van der Waals surface area contributed by atoms with Gasteiger partial charge in [-0.1, -0.05) is 38.8 Å². The van der Waals surface area contributed by atoms with Crippen molar-refractivity contribution in [2.75, 3.05) is 48.0 Å². The number of ether oxygens (including phenoxy) is 2. The van der Waals surface area contributed by atoms with E-state index in [1.54, 1.807) is 31.4 Å². The molecule has 0 bridgehead atoms. The van der Waals surface area contributed by atoms with E-state index in [0.717, 1.165) is 96.0 Å². The van der Waals surface area contributed by atoms with Crippen molar-refractivity contribution in [1.82, 2.24) is 30.2 Å². The fourth-order valence-electron chi connectivity index (χ4n) is 9.25. The van der Waals surface area contributed by atoms with Crippen molar-refractivity contribution in [2.24, 2.45) is 11.3 Å². The molecule has 308 valence electrons. The Bertz CT molecular complexity index is 2010. The van der Waals surface area contributed by atoms with E-state index in [2.05, 4.69) is 60.3 Å². The lowest BCUT2D eigenvalue weighted by Crippen LogP contribution is -2.58. The van der Waals surface area contributed by atoms with Crippen LogP contribution in [0.4, 0.5) is 0 Å². The third-order valence-electron chi connectivity index (χ3n) is 11.9. The van der Waals surface area contributed by atoms with Gasteiger partial charge in [0.25, 0.3) is 5.91 Å². The predicted molar refractivity (Wildman–Crippen MR) is 227 cm³/mol. The highest BCUT2D eigenvalue weighted by atomic mass is 16.5. The van der Waals surface area contributed by atoms with Gasteiger partial charge in [-0.25, -0.2) is 5.43 Å². The molecule has 11 nitrogen and oxygen atoms in total. The Morgan fingerprint density at radius 1 is 1.05 bits per heavy atom. The highest BCUT2D eigenvalue weighted by molar-refractivity contribution is 5.95. The first-order valence-electron chi connectivity index (χ1n) is 20.8. The number of aromatic nitrogens is 2. The van der Waals surface area contributed by atoms with Crippen LogP contribution in [-0.4, -0.2) is 96.5 Å². The number of hydrogen-bond acceptors (Lipinski definition) is 8. The molecule has 0 spiro atoms. The summed E-state index contributed by atoms with van der Waals surface area (Å²) in [4.78, 5) is 35.0. The van der Waals surface area contributed by atoms with Crippen LogP contribution >= 0.6 is 0 Å². The molecule has 1 aliphatic heterocycles. The predicted octanol–water partition coefficient (Wildman–Crippen LogP) is 7.29. The maximum absolute atomic E-state index is 14.2. The molecule has 2 aliphatic rings. The number of amides is 2. The topological polar surface area (TPSA) is 121 Å². The van der Waals surface area contributed by atoms with Crippen LogP contribution in [0.3, 0.4) is 0 Å². The summed E-state index contributed by atoms with van der Waals surface area (Å²) >= 11 is 0. The van der Waals surface area contributed by atoms with Crippen LogP contribution in [0.2, 0.25) is 0 Å². The van der Waals surface area contributed by atoms with Gasteiger partial charge in [-0.15, -0.1) is 0 Å². The molecular weight excluding hydrogens is 717 g/mol. The minimum absolute atomic E-state index is 0.107. The second-order valence-corrected chi connectivity index (χ2v) is 17.1. The summed E-state index contributed by atoms with van der Waals surface area (Å²) in [5.41, 5.74) is 11.0. The Balaban J connectivity index is 1.42. The van der Waals surface area contributed by atoms with Gasteiger partial charge >= 0.3 is 0 Å². The van der Waals surface area contributed by atoms with Crippen molar-refractivity contribution in [2.45, 2.75) is 104 Å². The smallest absolute Gasteiger partial charge is 0.259 e. The molecule has 3 N–H and O–H groups in total. The van der Waals surface area contributed by atoms with E-state index in [-0.39, 0.29) is 47.5 Å². The van der Waals surface area contributed by atoms with Gasteiger partial charge in [-0.3, -0.25) is 24.5 Å². The molecule has 1 saturated carbocycles. The average molecular weight is 781 g/mol. The van der Waals surface area contributed by atoms with Gasteiger partial charge in [0.1, 0.15) is 11.8 Å². The first-order chi connectivity index (χ1) is 27.3. The van der Waals surface area contributed by atoms with Crippen LogP contribution in [0.15, 0.2) is 54.7 Å². The Kier molecular flexibility index (Phi) is 13.8. The number of aromatic hydroxyl groups is 1. The lowest BCUT2D eigenvalue weighted by Gasteiger charge is -2.34.